The molecular weight excluding hydrogens is 290 g/mol. The molecule has 0 fully saturated rings. The first kappa shape index (κ1) is 15.6. The maximum atomic E-state index is 12.4. The molecule has 0 radical (unpaired) electrons. The fraction of sp³-hybridized carbons (Fsp3) is 0.444. The van der Waals surface area contributed by atoms with Crippen LogP contribution in [0.4, 0.5) is 0 Å². The summed E-state index contributed by atoms with van der Waals surface area (Å²) in [6.07, 6.45) is 5.00. The number of benzene rings is 1. The van der Waals surface area contributed by atoms with Gasteiger partial charge in [0.15, 0.2) is 0 Å². The highest BCUT2D eigenvalue weighted by atomic mass is 16.5. The minimum absolute atomic E-state index is 0.211. The van der Waals surface area contributed by atoms with E-state index in [2.05, 4.69) is 17.1 Å². The minimum Gasteiger partial charge on any atom is -0.494 e. The van der Waals surface area contributed by atoms with Crippen molar-refractivity contribution in [1.29, 1.82) is 0 Å². The number of hydrogen-bond donors (Lipinski definition) is 1. The summed E-state index contributed by atoms with van der Waals surface area (Å²) in [6.45, 7) is 4.28. The zero-order chi connectivity index (χ0) is 16.1. The molecule has 1 N–H and O–H groups in total. The maximum absolute atomic E-state index is 12.4. The molecule has 5 nitrogen and oxygen atoms in total. The number of aromatic nitrogens is 2. The summed E-state index contributed by atoms with van der Waals surface area (Å²) >= 11 is 0. The Morgan fingerprint density at radius 3 is 2.96 bits per heavy atom. The molecule has 5 heteroatoms. The van der Waals surface area contributed by atoms with E-state index in [1.165, 1.54) is 5.56 Å². The number of nitrogens with one attached hydrogen (secondary N) is 1. The third-order valence-electron chi connectivity index (χ3n) is 4.18. The molecule has 23 heavy (non-hydrogen) atoms. The molecule has 1 amide bonds. The molecule has 0 saturated heterocycles. The lowest BCUT2D eigenvalue weighted by Crippen LogP contribution is -2.35. The molecule has 1 aromatic carbocycles. The highest BCUT2D eigenvalue weighted by molar-refractivity contribution is 5.76. The fourth-order valence-corrected chi connectivity index (χ4v) is 2.82. The van der Waals surface area contributed by atoms with Gasteiger partial charge in [-0.2, -0.15) is 5.10 Å². The predicted octanol–water partition coefficient (Wildman–Crippen LogP) is 2.72. The highest BCUT2D eigenvalue weighted by Crippen LogP contribution is 2.18. The molecular formula is C18H23N3O2. The molecule has 0 unspecified atom stereocenters. The molecule has 0 bridgehead atoms. The molecule has 1 aliphatic heterocycles. The second-order valence-electron chi connectivity index (χ2n) is 5.93. The lowest BCUT2D eigenvalue weighted by atomic mass is 10.1. The Hall–Kier alpha value is -2.30. The van der Waals surface area contributed by atoms with Crippen LogP contribution in [0.1, 0.15) is 36.6 Å². The molecule has 0 aliphatic carbocycles. The van der Waals surface area contributed by atoms with Crippen LogP contribution in [-0.2, 0) is 24.2 Å². The Kier molecular flexibility index (Phi) is 4.95. The van der Waals surface area contributed by atoms with E-state index in [-0.39, 0.29) is 5.91 Å². The van der Waals surface area contributed by atoms with Gasteiger partial charge in [0.25, 0.3) is 0 Å². The van der Waals surface area contributed by atoms with Crippen molar-refractivity contribution in [2.45, 2.75) is 39.2 Å². The van der Waals surface area contributed by atoms with Crippen LogP contribution in [0.2, 0.25) is 0 Å². The van der Waals surface area contributed by atoms with Crippen molar-refractivity contribution < 1.29 is 9.53 Å². The number of ether oxygens (including phenoxy) is 1. The van der Waals surface area contributed by atoms with Gasteiger partial charge in [0.2, 0.25) is 5.91 Å². The first-order valence-corrected chi connectivity index (χ1v) is 8.27. The van der Waals surface area contributed by atoms with Crippen molar-refractivity contribution in [3.05, 3.63) is 47.3 Å². The van der Waals surface area contributed by atoms with Gasteiger partial charge in [-0.3, -0.25) is 9.89 Å². The molecule has 0 saturated carbocycles. The summed E-state index contributed by atoms with van der Waals surface area (Å²) < 4.78 is 5.57. The second-order valence-corrected chi connectivity index (χ2v) is 5.93. The Bertz CT molecular complexity index is 649. The maximum Gasteiger partial charge on any atom is 0.223 e. The van der Waals surface area contributed by atoms with Crippen LogP contribution in [0.15, 0.2) is 30.5 Å². The van der Waals surface area contributed by atoms with Gasteiger partial charge in [0, 0.05) is 37.2 Å². The van der Waals surface area contributed by atoms with E-state index in [0.29, 0.717) is 13.0 Å². The first-order valence-electron chi connectivity index (χ1n) is 8.27. The van der Waals surface area contributed by atoms with E-state index >= 15 is 0 Å². The number of hydrogen-bond acceptors (Lipinski definition) is 3. The number of H-pyrrole nitrogens is 1. The van der Waals surface area contributed by atoms with Crippen LogP contribution in [0.5, 0.6) is 5.75 Å². The molecule has 0 spiro atoms. The number of nitrogens with zero attached hydrogens (tertiary/aromatic N) is 2. The summed E-state index contributed by atoms with van der Waals surface area (Å²) in [6, 6.07) is 8.05. The van der Waals surface area contributed by atoms with Crippen LogP contribution in [0.3, 0.4) is 0 Å². The summed E-state index contributed by atoms with van der Waals surface area (Å²) in [5.74, 6) is 1.11. The van der Waals surface area contributed by atoms with E-state index in [9.17, 15) is 4.79 Å². The van der Waals surface area contributed by atoms with Crippen LogP contribution < -0.4 is 4.74 Å². The third-order valence-corrected chi connectivity index (χ3v) is 4.18. The Morgan fingerprint density at radius 2 is 2.17 bits per heavy atom. The summed E-state index contributed by atoms with van der Waals surface area (Å²) in [5, 5.41) is 7.04. The van der Waals surface area contributed by atoms with Gasteiger partial charge >= 0.3 is 0 Å². The summed E-state index contributed by atoms with van der Waals surface area (Å²) in [4.78, 5) is 14.3. The first-order chi connectivity index (χ1) is 11.3. The number of aryl methyl sites for hydroxylation is 1. The number of carbonyl (C=O) groups is 1. The lowest BCUT2D eigenvalue weighted by molar-refractivity contribution is -0.132. The number of rotatable bonds is 6. The van der Waals surface area contributed by atoms with Crippen LogP contribution in [0, 0.1) is 0 Å². The van der Waals surface area contributed by atoms with Gasteiger partial charge in [-0.1, -0.05) is 19.1 Å². The monoisotopic (exact) mass is 313 g/mol. The van der Waals surface area contributed by atoms with E-state index in [1.54, 1.807) is 0 Å². The van der Waals surface area contributed by atoms with Crippen molar-refractivity contribution in [1.82, 2.24) is 15.1 Å². The molecule has 0 atom stereocenters. The Balaban J connectivity index is 1.49. The average molecular weight is 313 g/mol. The van der Waals surface area contributed by atoms with E-state index in [4.69, 9.17) is 4.74 Å². The lowest BCUT2D eigenvalue weighted by Gasteiger charge is -2.26. The SMILES string of the molecule is CCCOc1ccc(CCC(=O)N2CCc3[nH]ncc3C2)cc1. The normalized spacial score (nSPS) is 13.7. The standard InChI is InChI=1S/C18H23N3O2/c1-2-11-23-16-6-3-14(4-7-16)5-8-18(22)21-10-9-17-15(13-21)12-19-20-17/h3-4,6-7,12H,2,5,8-11,13H2,1H3,(H,19,20). The Morgan fingerprint density at radius 1 is 1.35 bits per heavy atom. The van der Waals surface area contributed by atoms with Gasteiger partial charge in [0.1, 0.15) is 5.75 Å². The average Bonchev–Trinajstić information content (AvgIpc) is 3.06. The fourth-order valence-electron chi connectivity index (χ4n) is 2.82. The van der Waals surface area contributed by atoms with Crippen LogP contribution in [0.25, 0.3) is 0 Å². The largest absolute Gasteiger partial charge is 0.494 e. The molecule has 1 aliphatic rings. The van der Waals surface area contributed by atoms with Crippen molar-refractivity contribution in [3.63, 3.8) is 0 Å². The predicted molar refractivity (Wildman–Crippen MR) is 88.3 cm³/mol. The molecule has 3 rings (SSSR count). The zero-order valence-corrected chi connectivity index (χ0v) is 13.5. The van der Waals surface area contributed by atoms with Crippen molar-refractivity contribution in [3.8, 4) is 5.75 Å². The van der Waals surface area contributed by atoms with E-state index in [1.807, 2.05) is 35.4 Å². The van der Waals surface area contributed by atoms with E-state index < -0.39 is 0 Å². The van der Waals surface area contributed by atoms with Gasteiger partial charge in [-0.05, 0) is 30.5 Å². The Labute approximate surface area is 136 Å². The summed E-state index contributed by atoms with van der Waals surface area (Å²) in [5.41, 5.74) is 3.47. The van der Waals surface area contributed by atoms with Crippen LogP contribution in [-0.4, -0.2) is 34.2 Å². The molecule has 2 aromatic rings. The second kappa shape index (κ2) is 7.31. The van der Waals surface area contributed by atoms with Crippen molar-refractivity contribution in [2.24, 2.45) is 0 Å². The molecule has 2 heterocycles. The number of amides is 1. The van der Waals surface area contributed by atoms with Crippen LogP contribution >= 0.6 is 0 Å². The van der Waals surface area contributed by atoms with Gasteiger partial charge in [-0.25, -0.2) is 0 Å². The highest BCUT2D eigenvalue weighted by Gasteiger charge is 2.21. The molecule has 1 aromatic heterocycles. The van der Waals surface area contributed by atoms with Gasteiger partial charge in [-0.15, -0.1) is 0 Å². The minimum atomic E-state index is 0.211. The topological polar surface area (TPSA) is 58.2 Å². The quantitative estimate of drug-likeness (QED) is 0.892. The zero-order valence-electron chi connectivity index (χ0n) is 13.5. The summed E-state index contributed by atoms with van der Waals surface area (Å²) in [7, 11) is 0. The van der Waals surface area contributed by atoms with Crippen molar-refractivity contribution in [2.75, 3.05) is 13.2 Å². The van der Waals surface area contributed by atoms with E-state index in [0.717, 1.165) is 49.4 Å². The molecule has 122 valence electrons. The van der Waals surface area contributed by atoms with Crippen molar-refractivity contribution >= 4 is 5.91 Å². The number of carbonyl (C=O) groups excluding carboxylic acids is 1. The smallest absolute Gasteiger partial charge is 0.223 e. The van der Waals surface area contributed by atoms with Gasteiger partial charge in [0.05, 0.1) is 12.8 Å². The third kappa shape index (κ3) is 3.92. The number of aromatic amines is 1. The number of fused-ring (bicyclic) bond motifs is 1. The van der Waals surface area contributed by atoms with Gasteiger partial charge < -0.3 is 9.64 Å².